The highest BCUT2D eigenvalue weighted by molar-refractivity contribution is 7.80. The highest BCUT2D eigenvalue weighted by Crippen LogP contribution is 2.30. The van der Waals surface area contributed by atoms with Gasteiger partial charge in [-0.15, -0.1) is 0 Å². The van der Waals surface area contributed by atoms with Crippen LogP contribution in [0.4, 0.5) is 5.69 Å². The molecule has 0 spiro atoms. The zero-order valence-corrected chi connectivity index (χ0v) is 12.9. The summed E-state index contributed by atoms with van der Waals surface area (Å²) in [4.78, 5) is 0.396. The molecule has 1 fully saturated rings. The molecule has 19 heavy (non-hydrogen) atoms. The van der Waals surface area contributed by atoms with E-state index < -0.39 is 0 Å². The van der Waals surface area contributed by atoms with Crippen LogP contribution in [0.2, 0.25) is 5.02 Å². The topological polar surface area (TPSA) is 38.0 Å². The lowest BCUT2D eigenvalue weighted by Crippen LogP contribution is -2.27. The Kier molecular flexibility index (Phi) is 5.06. The van der Waals surface area contributed by atoms with Gasteiger partial charge in [0.2, 0.25) is 0 Å². The Morgan fingerprint density at radius 1 is 1.37 bits per heavy atom. The second kappa shape index (κ2) is 6.58. The largest absolute Gasteiger partial charge is 0.389 e. The smallest absolute Gasteiger partial charge is 0.106 e. The Labute approximate surface area is 125 Å². The summed E-state index contributed by atoms with van der Waals surface area (Å²) in [6.07, 6.45) is 6.36. The van der Waals surface area contributed by atoms with Gasteiger partial charge in [0.1, 0.15) is 4.99 Å². The summed E-state index contributed by atoms with van der Waals surface area (Å²) in [5, 5.41) is 4.25. The summed E-state index contributed by atoms with van der Waals surface area (Å²) in [7, 11) is 0. The summed E-state index contributed by atoms with van der Waals surface area (Å²) in [6, 6.07) is 6.22. The number of nitrogens with one attached hydrogen (secondary N) is 1. The predicted octanol–water partition coefficient (Wildman–Crippen LogP) is 4.35. The summed E-state index contributed by atoms with van der Waals surface area (Å²) < 4.78 is 0. The van der Waals surface area contributed by atoms with Gasteiger partial charge < -0.3 is 11.1 Å². The fraction of sp³-hybridized carbons (Fsp3) is 0.533. The zero-order chi connectivity index (χ0) is 13.8. The highest BCUT2D eigenvalue weighted by Gasteiger charge is 2.20. The molecular formula is C15H21ClN2S. The van der Waals surface area contributed by atoms with Gasteiger partial charge >= 0.3 is 0 Å². The average molecular weight is 297 g/mol. The predicted molar refractivity (Wildman–Crippen MR) is 87.0 cm³/mol. The normalized spacial score (nSPS) is 23.1. The molecule has 0 heterocycles. The third-order valence-electron chi connectivity index (χ3n) is 4.03. The van der Waals surface area contributed by atoms with Crippen molar-refractivity contribution in [2.24, 2.45) is 11.7 Å². The molecule has 4 heteroatoms. The van der Waals surface area contributed by atoms with Gasteiger partial charge in [-0.3, -0.25) is 0 Å². The Bertz CT molecular complexity index is 453. The van der Waals surface area contributed by atoms with Gasteiger partial charge in [-0.2, -0.15) is 0 Å². The van der Waals surface area contributed by atoms with E-state index >= 15 is 0 Å². The molecule has 1 aromatic carbocycles. The third-order valence-corrected chi connectivity index (χ3v) is 4.49. The molecule has 0 saturated heterocycles. The summed E-state index contributed by atoms with van der Waals surface area (Å²) in [5.41, 5.74) is 7.62. The van der Waals surface area contributed by atoms with Crippen LogP contribution < -0.4 is 11.1 Å². The first-order chi connectivity index (χ1) is 9.10. The van der Waals surface area contributed by atoms with E-state index in [9.17, 15) is 0 Å². The molecule has 104 valence electrons. The fourth-order valence-electron chi connectivity index (χ4n) is 2.78. The molecule has 0 aromatic heterocycles. The first kappa shape index (κ1) is 14.6. The molecule has 3 N–H and O–H groups in total. The van der Waals surface area contributed by atoms with Gasteiger partial charge in [-0.1, -0.05) is 37.2 Å². The summed E-state index contributed by atoms with van der Waals surface area (Å²) >= 11 is 11.1. The maximum Gasteiger partial charge on any atom is 0.106 e. The molecular weight excluding hydrogens is 276 g/mol. The van der Waals surface area contributed by atoms with Gasteiger partial charge in [0.25, 0.3) is 0 Å². The van der Waals surface area contributed by atoms with Gasteiger partial charge in [0.15, 0.2) is 0 Å². The van der Waals surface area contributed by atoms with Gasteiger partial charge in [0.05, 0.1) is 0 Å². The van der Waals surface area contributed by atoms with Crippen molar-refractivity contribution in [3.63, 3.8) is 0 Å². The molecule has 0 amide bonds. The number of benzene rings is 1. The highest BCUT2D eigenvalue weighted by atomic mass is 35.5. The molecule has 2 nitrogen and oxygen atoms in total. The van der Waals surface area contributed by atoms with E-state index in [0.717, 1.165) is 17.2 Å². The van der Waals surface area contributed by atoms with Crippen molar-refractivity contribution in [2.75, 3.05) is 5.32 Å². The quantitative estimate of drug-likeness (QED) is 0.811. The fourth-order valence-corrected chi connectivity index (χ4v) is 3.12. The number of hydrogen-bond donors (Lipinski definition) is 2. The Morgan fingerprint density at radius 3 is 2.63 bits per heavy atom. The van der Waals surface area contributed by atoms with E-state index in [-0.39, 0.29) is 0 Å². The minimum atomic E-state index is 0.396. The first-order valence-electron chi connectivity index (χ1n) is 6.96. The maximum absolute atomic E-state index is 6.00. The summed E-state index contributed by atoms with van der Waals surface area (Å²) in [5.74, 6) is 0.901. The average Bonchev–Trinajstić information content (AvgIpc) is 2.41. The second-order valence-corrected chi connectivity index (χ2v) is 6.20. The summed E-state index contributed by atoms with van der Waals surface area (Å²) in [6.45, 7) is 2.28. The van der Waals surface area contributed by atoms with Crippen LogP contribution in [0.1, 0.15) is 44.6 Å². The molecule has 1 aromatic rings. The number of nitrogens with two attached hydrogens (primary N) is 1. The van der Waals surface area contributed by atoms with Crippen molar-refractivity contribution in [1.82, 2.24) is 0 Å². The molecule has 0 bridgehead atoms. The Hall–Kier alpha value is -0.800. The SMILES string of the molecule is CCC1CCC(Nc2ccc(Cl)cc2C(N)=S)CC1. The van der Waals surface area contributed by atoms with Crippen LogP contribution in [-0.4, -0.2) is 11.0 Å². The minimum absolute atomic E-state index is 0.396. The van der Waals surface area contributed by atoms with Crippen LogP contribution in [0.25, 0.3) is 0 Å². The van der Waals surface area contributed by atoms with Crippen LogP contribution in [-0.2, 0) is 0 Å². The third kappa shape index (κ3) is 3.83. The lowest BCUT2D eigenvalue weighted by Gasteiger charge is -2.29. The van der Waals surface area contributed by atoms with Crippen molar-refractivity contribution >= 4 is 34.5 Å². The van der Waals surface area contributed by atoms with E-state index in [1.165, 1.54) is 32.1 Å². The lowest BCUT2D eigenvalue weighted by atomic mass is 9.84. The maximum atomic E-state index is 6.00. The monoisotopic (exact) mass is 296 g/mol. The minimum Gasteiger partial charge on any atom is -0.389 e. The van der Waals surface area contributed by atoms with Crippen molar-refractivity contribution in [2.45, 2.75) is 45.1 Å². The molecule has 0 unspecified atom stereocenters. The van der Waals surface area contributed by atoms with E-state index in [1.54, 1.807) is 0 Å². The molecule has 0 aliphatic heterocycles. The van der Waals surface area contributed by atoms with Crippen molar-refractivity contribution in [3.8, 4) is 0 Å². The number of hydrogen-bond acceptors (Lipinski definition) is 2. The van der Waals surface area contributed by atoms with Crippen LogP contribution >= 0.6 is 23.8 Å². The van der Waals surface area contributed by atoms with E-state index in [4.69, 9.17) is 29.6 Å². The van der Waals surface area contributed by atoms with Crippen molar-refractivity contribution in [3.05, 3.63) is 28.8 Å². The number of halogens is 1. The molecule has 1 saturated carbocycles. The molecule has 0 atom stereocenters. The second-order valence-electron chi connectivity index (χ2n) is 5.32. The molecule has 1 aliphatic rings. The zero-order valence-electron chi connectivity index (χ0n) is 11.3. The van der Waals surface area contributed by atoms with Crippen LogP contribution in [0.3, 0.4) is 0 Å². The molecule has 0 radical (unpaired) electrons. The lowest BCUT2D eigenvalue weighted by molar-refractivity contribution is 0.330. The van der Waals surface area contributed by atoms with Gasteiger partial charge in [-0.25, -0.2) is 0 Å². The van der Waals surface area contributed by atoms with Gasteiger partial charge in [0, 0.05) is 22.3 Å². The van der Waals surface area contributed by atoms with E-state index in [0.29, 0.717) is 16.1 Å². The van der Waals surface area contributed by atoms with Crippen molar-refractivity contribution in [1.29, 1.82) is 0 Å². The number of anilines is 1. The van der Waals surface area contributed by atoms with Gasteiger partial charge in [-0.05, 0) is 49.8 Å². The van der Waals surface area contributed by atoms with Crippen LogP contribution in [0, 0.1) is 5.92 Å². The van der Waals surface area contributed by atoms with E-state index in [1.807, 2.05) is 18.2 Å². The number of rotatable bonds is 4. The first-order valence-corrected chi connectivity index (χ1v) is 7.74. The van der Waals surface area contributed by atoms with Crippen molar-refractivity contribution < 1.29 is 0 Å². The standard InChI is InChI=1S/C15H21ClN2S/c1-2-10-3-6-12(7-4-10)18-14-8-5-11(16)9-13(14)15(17)19/h5,8-10,12,18H,2-4,6-7H2,1H3,(H2,17,19). The number of thiocarbonyl (C=S) groups is 1. The van der Waals surface area contributed by atoms with Crippen LogP contribution in [0.5, 0.6) is 0 Å². The Morgan fingerprint density at radius 2 is 2.05 bits per heavy atom. The molecule has 2 rings (SSSR count). The van der Waals surface area contributed by atoms with E-state index in [2.05, 4.69) is 12.2 Å². The molecule has 1 aliphatic carbocycles. The Balaban J connectivity index is 2.05. The van der Waals surface area contributed by atoms with Crippen LogP contribution in [0.15, 0.2) is 18.2 Å².